The molecule has 7 nitrogen and oxygen atoms in total. The van der Waals surface area contributed by atoms with Gasteiger partial charge in [-0.3, -0.25) is 14.5 Å². The summed E-state index contributed by atoms with van der Waals surface area (Å²) in [5.41, 5.74) is 3.59. The van der Waals surface area contributed by atoms with Crippen LogP contribution < -0.4 is 16.0 Å². The van der Waals surface area contributed by atoms with Gasteiger partial charge in [-0.05, 0) is 24.7 Å². The molecule has 174 valence electrons. The van der Waals surface area contributed by atoms with Crippen LogP contribution in [0, 0.1) is 0 Å². The Kier molecular flexibility index (Phi) is 7.89. The van der Waals surface area contributed by atoms with Crippen molar-refractivity contribution in [3.05, 3.63) is 23.8 Å². The quantitative estimate of drug-likeness (QED) is 0.615. The van der Waals surface area contributed by atoms with Gasteiger partial charge in [0.25, 0.3) is 5.91 Å². The predicted molar refractivity (Wildman–Crippen MR) is 99.4 cm³/mol. The van der Waals surface area contributed by atoms with Gasteiger partial charge in [0.15, 0.2) is 0 Å². The van der Waals surface area contributed by atoms with E-state index in [1.807, 2.05) is 0 Å². The lowest BCUT2D eigenvalue weighted by atomic mass is 10.1. The van der Waals surface area contributed by atoms with Gasteiger partial charge in [0.2, 0.25) is 5.91 Å². The number of benzene rings is 1. The van der Waals surface area contributed by atoms with Crippen molar-refractivity contribution in [2.45, 2.75) is 25.3 Å². The molecule has 0 aromatic heterocycles. The molecular formula is C18H22F6N4O3. The van der Waals surface area contributed by atoms with Gasteiger partial charge >= 0.3 is 12.4 Å². The molecule has 0 unspecified atom stereocenters. The minimum atomic E-state index is -4.85. The lowest BCUT2D eigenvalue weighted by molar-refractivity contribution is -0.153. The Morgan fingerprint density at radius 3 is 2.48 bits per heavy atom. The summed E-state index contributed by atoms with van der Waals surface area (Å²) in [5.74, 6) is -1.63. The lowest BCUT2D eigenvalue weighted by Crippen LogP contribution is -2.51. The molecule has 1 saturated heterocycles. The van der Waals surface area contributed by atoms with Gasteiger partial charge in [-0.25, -0.2) is 0 Å². The van der Waals surface area contributed by atoms with Crippen LogP contribution >= 0.6 is 0 Å². The van der Waals surface area contributed by atoms with Crippen molar-refractivity contribution in [3.63, 3.8) is 0 Å². The molecule has 0 saturated carbocycles. The van der Waals surface area contributed by atoms with E-state index in [9.17, 15) is 35.9 Å². The fraction of sp³-hybridized carbons (Fsp3) is 0.556. The van der Waals surface area contributed by atoms with E-state index in [1.165, 1.54) is 6.92 Å². The SMILES string of the molecule is CCN(CC(F)(F)F)[C@@H](CN)C(=O)Nc1ccc(N2CCOCC2=O)c(C(F)(F)F)c1. The number of carbonyl (C=O) groups is 2. The van der Waals surface area contributed by atoms with E-state index in [1.54, 1.807) is 0 Å². The number of hydrogen-bond acceptors (Lipinski definition) is 5. The Bertz CT molecular complexity index is 799. The fourth-order valence-corrected chi connectivity index (χ4v) is 3.17. The summed E-state index contributed by atoms with van der Waals surface area (Å²) in [4.78, 5) is 26.1. The topological polar surface area (TPSA) is 87.9 Å². The van der Waals surface area contributed by atoms with Crippen LogP contribution in [0.2, 0.25) is 0 Å². The van der Waals surface area contributed by atoms with Gasteiger partial charge in [-0.1, -0.05) is 6.92 Å². The number of ether oxygens (including phenoxy) is 1. The summed E-state index contributed by atoms with van der Waals surface area (Å²) >= 11 is 0. The van der Waals surface area contributed by atoms with E-state index in [-0.39, 0.29) is 32.0 Å². The zero-order valence-corrected chi connectivity index (χ0v) is 16.5. The van der Waals surface area contributed by atoms with Crippen molar-refractivity contribution in [1.82, 2.24) is 4.90 Å². The van der Waals surface area contributed by atoms with Crippen LogP contribution in [0.3, 0.4) is 0 Å². The monoisotopic (exact) mass is 456 g/mol. The van der Waals surface area contributed by atoms with Crippen LogP contribution in [0.1, 0.15) is 12.5 Å². The van der Waals surface area contributed by atoms with Crippen LogP contribution in [-0.2, 0) is 20.5 Å². The molecule has 0 bridgehead atoms. The minimum absolute atomic E-state index is 0.0613. The Hall–Kier alpha value is -2.38. The third kappa shape index (κ3) is 6.55. The van der Waals surface area contributed by atoms with E-state index < -0.39 is 54.5 Å². The lowest BCUT2D eigenvalue weighted by Gasteiger charge is -2.30. The third-order valence-electron chi connectivity index (χ3n) is 4.60. The molecule has 1 aliphatic rings. The van der Waals surface area contributed by atoms with Gasteiger partial charge in [0.1, 0.15) is 12.6 Å². The fourth-order valence-electron chi connectivity index (χ4n) is 3.17. The number of hydrogen-bond donors (Lipinski definition) is 2. The predicted octanol–water partition coefficient (Wildman–Crippen LogP) is 2.22. The highest BCUT2D eigenvalue weighted by Crippen LogP contribution is 2.38. The van der Waals surface area contributed by atoms with E-state index in [4.69, 9.17) is 10.5 Å². The Morgan fingerprint density at radius 2 is 1.97 bits per heavy atom. The van der Waals surface area contributed by atoms with E-state index in [0.717, 1.165) is 21.9 Å². The zero-order valence-electron chi connectivity index (χ0n) is 16.5. The molecule has 1 aromatic carbocycles. The van der Waals surface area contributed by atoms with Crippen molar-refractivity contribution >= 4 is 23.2 Å². The van der Waals surface area contributed by atoms with Gasteiger partial charge in [0, 0.05) is 18.8 Å². The number of morpholine rings is 1. The molecule has 13 heteroatoms. The molecule has 2 rings (SSSR count). The van der Waals surface area contributed by atoms with Gasteiger partial charge in [0.05, 0.1) is 24.4 Å². The molecule has 1 fully saturated rings. The standard InChI is InChI=1S/C18H22F6N4O3/c1-2-27(10-17(19,20)21)14(8-25)16(30)26-11-3-4-13(12(7-11)18(22,23)24)28-5-6-31-9-15(28)29/h3-4,7,14H,2,5-6,8-10,25H2,1H3,(H,26,30)/t14-/m0/s1. The first-order valence-corrected chi connectivity index (χ1v) is 9.28. The first kappa shape index (κ1) is 24.9. The maximum Gasteiger partial charge on any atom is 0.418 e. The number of amides is 2. The molecule has 0 spiro atoms. The second kappa shape index (κ2) is 9.83. The number of nitrogens with zero attached hydrogens (tertiary/aromatic N) is 2. The first-order chi connectivity index (χ1) is 14.4. The Balaban J connectivity index is 2.30. The maximum absolute atomic E-state index is 13.6. The highest BCUT2D eigenvalue weighted by Gasteiger charge is 2.38. The number of rotatable bonds is 7. The van der Waals surface area contributed by atoms with Gasteiger partial charge < -0.3 is 20.7 Å². The molecule has 1 atom stereocenters. The first-order valence-electron chi connectivity index (χ1n) is 9.28. The molecule has 1 aromatic rings. The number of carbonyl (C=O) groups excluding carboxylic acids is 2. The molecule has 3 N–H and O–H groups in total. The molecule has 0 radical (unpaired) electrons. The van der Waals surface area contributed by atoms with Crippen molar-refractivity contribution in [2.24, 2.45) is 5.73 Å². The molecule has 1 aliphatic heterocycles. The average molecular weight is 456 g/mol. The van der Waals surface area contributed by atoms with Crippen molar-refractivity contribution in [2.75, 3.05) is 49.6 Å². The highest BCUT2D eigenvalue weighted by molar-refractivity contribution is 5.98. The zero-order chi connectivity index (χ0) is 23.4. The Morgan fingerprint density at radius 1 is 1.29 bits per heavy atom. The smallest absolute Gasteiger partial charge is 0.370 e. The van der Waals surface area contributed by atoms with Crippen molar-refractivity contribution in [3.8, 4) is 0 Å². The van der Waals surface area contributed by atoms with Crippen LogP contribution in [0.5, 0.6) is 0 Å². The maximum atomic E-state index is 13.6. The van der Waals surface area contributed by atoms with Crippen LogP contribution in [0.4, 0.5) is 37.7 Å². The van der Waals surface area contributed by atoms with Crippen LogP contribution in [0.15, 0.2) is 18.2 Å². The van der Waals surface area contributed by atoms with Gasteiger partial charge in [-0.15, -0.1) is 0 Å². The van der Waals surface area contributed by atoms with E-state index in [0.29, 0.717) is 6.07 Å². The molecular weight excluding hydrogens is 434 g/mol. The van der Waals surface area contributed by atoms with Crippen LogP contribution in [0.25, 0.3) is 0 Å². The summed E-state index contributed by atoms with van der Waals surface area (Å²) in [6.07, 6.45) is -9.44. The largest absolute Gasteiger partial charge is 0.418 e. The van der Waals surface area contributed by atoms with Crippen LogP contribution in [-0.4, -0.2) is 68.3 Å². The number of nitrogens with one attached hydrogen (secondary N) is 1. The molecule has 0 aliphatic carbocycles. The van der Waals surface area contributed by atoms with E-state index in [2.05, 4.69) is 5.32 Å². The number of halogens is 6. The molecule has 31 heavy (non-hydrogen) atoms. The average Bonchev–Trinajstić information content (AvgIpc) is 2.66. The van der Waals surface area contributed by atoms with Crippen molar-refractivity contribution in [1.29, 1.82) is 0 Å². The number of nitrogens with two attached hydrogens (primary N) is 1. The number of anilines is 2. The summed E-state index contributed by atoms with van der Waals surface area (Å²) in [6, 6.07) is 1.39. The summed E-state index contributed by atoms with van der Waals surface area (Å²) in [7, 11) is 0. The minimum Gasteiger partial charge on any atom is -0.370 e. The number of alkyl halides is 6. The Labute approximate surface area is 174 Å². The summed E-state index contributed by atoms with van der Waals surface area (Å²) in [5, 5.41) is 2.19. The molecule has 1 heterocycles. The second-order valence-electron chi connectivity index (χ2n) is 6.75. The third-order valence-corrected chi connectivity index (χ3v) is 4.60. The second-order valence-corrected chi connectivity index (χ2v) is 6.75. The molecule has 2 amide bonds. The summed E-state index contributed by atoms with van der Waals surface area (Å²) in [6.45, 7) is -0.997. The van der Waals surface area contributed by atoms with Crippen molar-refractivity contribution < 1.29 is 40.7 Å². The van der Waals surface area contributed by atoms with Gasteiger partial charge in [-0.2, -0.15) is 26.3 Å². The van der Waals surface area contributed by atoms with E-state index >= 15 is 0 Å². The number of likely N-dealkylation sites (N-methyl/N-ethyl adjacent to an activating group) is 1. The summed E-state index contributed by atoms with van der Waals surface area (Å²) < 4.78 is 83.9. The highest BCUT2D eigenvalue weighted by atomic mass is 19.4. The normalized spacial score (nSPS) is 16.5.